The van der Waals surface area contributed by atoms with Crippen molar-refractivity contribution in [2.75, 3.05) is 39.4 Å². The van der Waals surface area contributed by atoms with Crippen LogP contribution >= 0.6 is 11.6 Å². The molecule has 1 N–H and O–H groups in total. The summed E-state index contributed by atoms with van der Waals surface area (Å²) in [5, 5.41) is 3.57. The smallest absolute Gasteiger partial charge is 0.320 e. The van der Waals surface area contributed by atoms with Crippen molar-refractivity contribution in [2.45, 2.75) is 26.8 Å². The molecule has 0 aromatic heterocycles. The maximum atomic E-state index is 12.6. The number of nitrogens with zero attached hydrogens (tertiary/aromatic N) is 2. The Morgan fingerprint density at radius 1 is 0.969 bits per heavy atom. The molecule has 1 aliphatic heterocycles. The van der Waals surface area contributed by atoms with Gasteiger partial charge in [-0.15, -0.1) is 0 Å². The van der Waals surface area contributed by atoms with Crippen LogP contribution in [-0.4, -0.2) is 61.1 Å². The molecule has 3 amide bonds. The van der Waals surface area contributed by atoms with Crippen LogP contribution in [0.15, 0.2) is 42.5 Å². The van der Waals surface area contributed by atoms with Crippen molar-refractivity contribution in [3.8, 4) is 11.5 Å². The number of halogens is 1. The fraction of sp³-hybridized carbons (Fsp3) is 0.417. The zero-order valence-corrected chi connectivity index (χ0v) is 19.4. The molecule has 1 fully saturated rings. The van der Waals surface area contributed by atoms with E-state index in [0.29, 0.717) is 56.6 Å². The second-order valence-corrected chi connectivity index (χ2v) is 7.94. The van der Waals surface area contributed by atoms with Gasteiger partial charge in [-0.25, -0.2) is 4.79 Å². The molecule has 1 saturated heterocycles. The highest BCUT2D eigenvalue weighted by Gasteiger charge is 2.29. The highest BCUT2D eigenvalue weighted by atomic mass is 35.5. The molecule has 7 nitrogen and oxygen atoms in total. The molecular weight excluding hydrogens is 430 g/mol. The molecule has 3 rings (SSSR count). The summed E-state index contributed by atoms with van der Waals surface area (Å²) in [6.45, 7) is 7.17. The standard InChI is InChI=1S/C24H30ClN3O4/c1-3-31-21-10-7-18(15-22(21)32-4-2)11-12-26-23(29)17-28-14-13-27(24(28)30)16-19-5-8-20(25)9-6-19/h5-10,15H,3-4,11-14,16-17H2,1-2H3,(H,26,29). The Morgan fingerprint density at radius 2 is 1.62 bits per heavy atom. The summed E-state index contributed by atoms with van der Waals surface area (Å²) < 4.78 is 11.2. The van der Waals surface area contributed by atoms with Crippen LogP contribution in [0.25, 0.3) is 0 Å². The van der Waals surface area contributed by atoms with Crippen LogP contribution in [-0.2, 0) is 17.8 Å². The lowest BCUT2D eigenvalue weighted by atomic mass is 10.1. The monoisotopic (exact) mass is 459 g/mol. The predicted octanol–water partition coefficient (Wildman–Crippen LogP) is 3.73. The molecule has 1 aliphatic rings. The van der Waals surface area contributed by atoms with E-state index in [1.165, 1.54) is 0 Å². The number of nitrogens with one attached hydrogen (secondary N) is 1. The van der Waals surface area contributed by atoms with E-state index < -0.39 is 0 Å². The molecule has 0 aliphatic carbocycles. The molecule has 0 radical (unpaired) electrons. The summed E-state index contributed by atoms with van der Waals surface area (Å²) in [4.78, 5) is 28.3. The van der Waals surface area contributed by atoms with Gasteiger partial charge in [0.25, 0.3) is 0 Å². The van der Waals surface area contributed by atoms with Crippen molar-refractivity contribution in [3.63, 3.8) is 0 Å². The Bertz CT molecular complexity index is 920. The number of carbonyl (C=O) groups is 2. The molecule has 0 saturated carbocycles. The molecule has 1 heterocycles. The minimum atomic E-state index is -0.164. The van der Waals surface area contributed by atoms with Crippen LogP contribution < -0.4 is 14.8 Å². The quantitative estimate of drug-likeness (QED) is 0.555. The molecule has 8 heteroatoms. The fourth-order valence-electron chi connectivity index (χ4n) is 3.56. The number of carbonyl (C=O) groups excluding carboxylic acids is 2. The van der Waals surface area contributed by atoms with Crippen LogP contribution in [0.3, 0.4) is 0 Å². The molecule has 2 aromatic rings. The van der Waals surface area contributed by atoms with E-state index in [1.54, 1.807) is 9.80 Å². The van der Waals surface area contributed by atoms with Gasteiger partial charge in [0.1, 0.15) is 6.54 Å². The minimum Gasteiger partial charge on any atom is -0.490 e. The highest BCUT2D eigenvalue weighted by Crippen LogP contribution is 2.28. The number of amides is 3. The van der Waals surface area contributed by atoms with E-state index in [2.05, 4.69) is 5.32 Å². The van der Waals surface area contributed by atoms with Gasteiger partial charge in [-0.05, 0) is 55.7 Å². The Labute approximate surface area is 194 Å². The van der Waals surface area contributed by atoms with Crippen molar-refractivity contribution >= 4 is 23.5 Å². The second kappa shape index (κ2) is 11.6. The minimum absolute atomic E-state index is 0.0590. The molecule has 0 unspecified atom stereocenters. The second-order valence-electron chi connectivity index (χ2n) is 7.50. The Kier molecular flexibility index (Phi) is 8.62. The van der Waals surface area contributed by atoms with Crippen molar-refractivity contribution < 1.29 is 19.1 Å². The summed E-state index contributed by atoms with van der Waals surface area (Å²) >= 11 is 5.91. The third kappa shape index (κ3) is 6.53. The Balaban J connectivity index is 1.44. The number of rotatable bonds is 11. The normalized spacial score (nSPS) is 13.4. The van der Waals surface area contributed by atoms with Crippen molar-refractivity contribution in [1.29, 1.82) is 0 Å². The maximum Gasteiger partial charge on any atom is 0.320 e. The van der Waals surface area contributed by atoms with Gasteiger partial charge < -0.3 is 24.6 Å². The third-order valence-corrected chi connectivity index (χ3v) is 5.40. The summed E-state index contributed by atoms with van der Waals surface area (Å²) in [6, 6.07) is 13.1. The molecule has 0 atom stereocenters. The summed E-state index contributed by atoms with van der Waals surface area (Å²) in [7, 11) is 0. The maximum absolute atomic E-state index is 12.6. The average molecular weight is 460 g/mol. The SMILES string of the molecule is CCOc1ccc(CCNC(=O)CN2CCN(Cc3ccc(Cl)cc3)C2=O)cc1OCC. The molecule has 0 spiro atoms. The lowest BCUT2D eigenvalue weighted by Gasteiger charge is -2.18. The summed E-state index contributed by atoms with van der Waals surface area (Å²) in [6.07, 6.45) is 0.662. The zero-order chi connectivity index (χ0) is 22.9. The lowest BCUT2D eigenvalue weighted by molar-refractivity contribution is -0.121. The van der Waals surface area contributed by atoms with Crippen LogP contribution in [0.1, 0.15) is 25.0 Å². The van der Waals surface area contributed by atoms with Crippen molar-refractivity contribution in [3.05, 3.63) is 58.6 Å². The first-order valence-corrected chi connectivity index (χ1v) is 11.3. The van der Waals surface area contributed by atoms with E-state index in [9.17, 15) is 9.59 Å². The van der Waals surface area contributed by atoms with Gasteiger partial charge in [-0.1, -0.05) is 29.8 Å². The van der Waals surface area contributed by atoms with E-state index in [1.807, 2.05) is 56.3 Å². The van der Waals surface area contributed by atoms with E-state index in [0.717, 1.165) is 16.9 Å². The van der Waals surface area contributed by atoms with Gasteiger partial charge in [-0.2, -0.15) is 0 Å². The van der Waals surface area contributed by atoms with Crippen LogP contribution in [0.5, 0.6) is 11.5 Å². The van der Waals surface area contributed by atoms with Crippen molar-refractivity contribution in [2.24, 2.45) is 0 Å². The van der Waals surface area contributed by atoms with Gasteiger partial charge >= 0.3 is 6.03 Å². The van der Waals surface area contributed by atoms with Gasteiger partial charge in [0.15, 0.2) is 11.5 Å². The molecule has 32 heavy (non-hydrogen) atoms. The summed E-state index contributed by atoms with van der Waals surface area (Å²) in [5.41, 5.74) is 2.06. The van der Waals surface area contributed by atoms with Gasteiger partial charge in [-0.3, -0.25) is 4.79 Å². The van der Waals surface area contributed by atoms with Crippen LogP contribution in [0, 0.1) is 0 Å². The number of hydrogen-bond donors (Lipinski definition) is 1. The van der Waals surface area contributed by atoms with Gasteiger partial charge in [0.2, 0.25) is 5.91 Å². The first kappa shape index (κ1) is 23.7. The van der Waals surface area contributed by atoms with E-state index >= 15 is 0 Å². The van der Waals surface area contributed by atoms with Gasteiger partial charge in [0, 0.05) is 31.2 Å². The fourth-order valence-corrected chi connectivity index (χ4v) is 3.69. The molecule has 2 aromatic carbocycles. The predicted molar refractivity (Wildman–Crippen MR) is 124 cm³/mol. The molecule has 0 bridgehead atoms. The third-order valence-electron chi connectivity index (χ3n) is 5.15. The zero-order valence-electron chi connectivity index (χ0n) is 18.6. The topological polar surface area (TPSA) is 71.1 Å². The first-order chi connectivity index (χ1) is 15.5. The number of benzene rings is 2. The number of hydrogen-bond acceptors (Lipinski definition) is 4. The van der Waals surface area contributed by atoms with E-state index in [4.69, 9.17) is 21.1 Å². The lowest BCUT2D eigenvalue weighted by Crippen LogP contribution is -2.40. The van der Waals surface area contributed by atoms with Gasteiger partial charge in [0.05, 0.1) is 13.2 Å². The van der Waals surface area contributed by atoms with E-state index in [-0.39, 0.29) is 18.5 Å². The van der Waals surface area contributed by atoms with Crippen molar-refractivity contribution in [1.82, 2.24) is 15.1 Å². The highest BCUT2D eigenvalue weighted by molar-refractivity contribution is 6.30. The van der Waals surface area contributed by atoms with Crippen LogP contribution in [0.2, 0.25) is 5.02 Å². The Hall–Kier alpha value is -2.93. The number of ether oxygens (including phenoxy) is 2. The first-order valence-electron chi connectivity index (χ1n) is 10.9. The average Bonchev–Trinajstić information content (AvgIpc) is 3.11. The molecule has 172 valence electrons. The number of urea groups is 1. The summed E-state index contributed by atoms with van der Waals surface area (Å²) in [5.74, 6) is 1.27. The van der Waals surface area contributed by atoms with Crippen LogP contribution in [0.4, 0.5) is 4.79 Å². The molecular formula is C24H30ClN3O4. The Morgan fingerprint density at radius 3 is 2.34 bits per heavy atom. The largest absolute Gasteiger partial charge is 0.490 e.